The molecule has 0 fully saturated rings. The van der Waals surface area contributed by atoms with Crippen LogP contribution < -0.4 is 4.74 Å². The predicted molar refractivity (Wildman–Crippen MR) is 100 cm³/mol. The molecule has 0 bridgehead atoms. The van der Waals surface area contributed by atoms with Gasteiger partial charge in [-0.1, -0.05) is 31.5 Å². The third-order valence-corrected chi connectivity index (χ3v) is 4.42. The Balaban J connectivity index is 1.95. The number of benzene rings is 1. The van der Waals surface area contributed by atoms with E-state index in [9.17, 15) is 4.79 Å². The molecule has 1 amide bonds. The zero-order valence-electron chi connectivity index (χ0n) is 14.7. The molecule has 1 aromatic carbocycles. The molecule has 0 aliphatic rings. The summed E-state index contributed by atoms with van der Waals surface area (Å²) in [7, 11) is 1.53. The van der Waals surface area contributed by atoms with E-state index in [1.807, 2.05) is 17.5 Å². The van der Waals surface area contributed by atoms with E-state index in [1.54, 1.807) is 17.0 Å². The van der Waals surface area contributed by atoms with Gasteiger partial charge in [-0.05, 0) is 24.1 Å². The van der Waals surface area contributed by atoms with Gasteiger partial charge in [-0.2, -0.15) is 0 Å². The first-order valence-corrected chi connectivity index (χ1v) is 9.32. The van der Waals surface area contributed by atoms with Crippen molar-refractivity contribution < 1.29 is 14.3 Å². The second-order valence-corrected chi connectivity index (χ2v) is 7.46. The quantitative estimate of drug-likeness (QED) is 0.657. The Kier molecular flexibility index (Phi) is 7.68. The third kappa shape index (κ3) is 6.65. The molecule has 0 saturated heterocycles. The molecule has 0 aliphatic carbocycles. The maximum absolute atomic E-state index is 12.2. The number of carbonyl (C=O) groups excluding carboxylic acids is 1. The number of nitrogens with zero attached hydrogens (tertiary/aromatic N) is 2. The summed E-state index contributed by atoms with van der Waals surface area (Å²) in [5, 5.41) is 3.46. The van der Waals surface area contributed by atoms with Crippen LogP contribution in [-0.2, 0) is 22.7 Å². The molecule has 25 heavy (non-hydrogen) atoms. The Labute approximate surface area is 157 Å². The van der Waals surface area contributed by atoms with E-state index < -0.39 is 0 Å². The number of carbonyl (C=O) groups is 1. The maximum Gasteiger partial charge on any atom is 0.248 e. The van der Waals surface area contributed by atoms with Crippen LogP contribution in [-0.4, -0.2) is 36.1 Å². The van der Waals surface area contributed by atoms with Gasteiger partial charge in [-0.3, -0.25) is 4.79 Å². The molecule has 0 radical (unpaired) electrons. The molecule has 0 aliphatic heterocycles. The summed E-state index contributed by atoms with van der Waals surface area (Å²) in [5.41, 5.74) is 0.861. The van der Waals surface area contributed by atoms with Crippen molar-refractivity contribution in [3.63, 3.8) is 0 Å². The van der Waals surface area contributed by atoms with Crippen molar-refractivity contribution >= 4 is 28.8 Å². The molecule has 7 heteroatoms. The number of hydrogen-bond acceptors (Lipinski definition) is 5. The van der Waals surface area contributed by atoms with E-state index in [0.29, 0.717) is 36.4 Å². The Hall–Kier alpha value is -1.63. The molecule has 2 rings (SSSR count). The van der Waals surface area contributed by atoms with E-state index >= 15 is 0 Å². The number of halogens is 1. The highest BCUT2D eigenvalue weighted by Gasteiger charge is 2.16. The number of thiazole rings is 1. The van der Waals surface area contributed by atoms with E-state index in [4.69, 9.17) is 21.1 Å². The smallest absolute Gasteiger partial charge is 0.248 e. The van der Waals surface area contributed by atoms with Gasteiger partial charge in [0, 0.05) is 24.1 Å². The normalized spacial score (nSPS) is 10.9. The fourth-order valence-electron chi connectivity index (χ4n) is 2.30. The summed E-state index contributed by atoms with van der Waals surface area (Å²) in [5.74, 6) is 1.06. The van der Waals surface area contributed by atoms with Crippen LogP contribution in [0, 0.1) is 5.92 Å². The standard InChI is InChI=1S/C18H23ClN2O3S/c1-13(2)8-21(18(22)11-23-3)9-15-12-25-17(20-15)10-24-16-6-4-5-14(19)7-16/h4-7,12-13H,8-11H2,1-3H3. The zero-order valence-corrected chi connectivity index (χ0v) is 16.3. The molecule has 0 N–H and O–H groups in total. The number of rotatable bonds is 9. The lowest BCUT2D eigenvalue weighted by atomic mass is 10.2. The molecular weight excluding hydrogens is 360 g/mol. The average molecular weight is 383 g/mol. The second kappa shape index (κ2) is 9.75. The van der Waals surface area contributed by atoms with E-state index in [1.165, 1.54) is 18.4 Å². The molecule has 0 saturated carbocycles. The van der Waals surface area contributed by atoms with Crippen LogP contribution in [0.3, 0.4) is 0 Å². The van der Waals surface area contributed by atoms with Gasteiger partial charge >= 0.3 is 0 Å². The van der Waals surface area contributed by atoms with Gasteiger partial charge in [0.25, 0.3) is 0 Å². The molecule has 1 heterocycles. The first-order chi connectivity index (χ1) is 12.0. The fourth-order valence-corrected chi connectivity index (χ4v) is 3.17. The van der Waals surface area contributed by atoms with Gasteiger partial charge in [0.05, 0.1) is 12.2 Å². The summed E-state index contributed by atoms with van der Waals surface area (Å²) in [6.07, 6.45) is 0. The van der Waals surface area contributed by atoms with Crippen LogP contribution in [0.4, 0.5) is 0 Å². The Morgan fingerprint density at radius 3 is 2.88 bits per heavy atom. The van der Waals surface area contributed by atoms with Crippen LogP contribution in [0.25, 0.3) is 0 Å². The summed E-state index contributed by atoms with van der Waals surface area (Å²) in [6, 6.07) is 7.27. The van der Waals surface area contributed by atoms with Crippen LogP contribution >= 0.6 is 22.9 Å². The summed E-state index contributed by atoms with van der Waals surface area (Å²) >= 11 is 7.46. The second-order valence-electron chi connectivity index (χ2n) is 6.08. The maximum atomic E-state index is 12.2. The number of amides is 1. The molecule has 1 aromatic heterocycles. The van der Waals surface area contributed by atoms with Crippen molar-refractivity contribution in [2.24, 2.45) is 5.92 Å². The van der Waals surface area contributed by atoms with Gasteiger partial charge in [0.15, 0.2) is 0 Å². The zero-order chi connectivity index (χ0) is 18.2. The first-order valence-electron chi connectivity index (χ1n) is 8.06. The van der Waals surface area contributed by atoms with Crippen LogP contribution in [0.15, 0.2) is 29.6 Å². The summed E-state index contributed by atoms with van der Waals surface area (Å²) < 4.78 is 10.7. The van der Waals surface area contributed by atoms with Crippen molar-refractivity contribution in [2.75, 3.05) is 20.3 Å². The molecule has 2 aromatic rings. The molecular formula is C18H23ClN2O3S. The number of ether oxygens (including phenoxy) is 2. The lowest BCUT2D eigenvalue weighted by molar-refractivity contribution is -0.136. The highest BCUT2D eigenvalue weighted by molar-refractivity contribution is 7.09. The van der Waals surface area contributed by atoms with Gasteiger partial charge in [0.2, 0.25) is 5.91 Å². The largest absolute Gasteiger partial charge is 0.486 e. The van der Waals surface area contributed by atoms with Gasteiger partial charge < -0.3 is 14.4 Å². The molecule has 0 atom stereocenters. The van der Waals surface area contributed by atoms with Gasteiger partial charge in [-0.25, -0.2) is 4.98 Å². The fraction of sp³-hybridized carbons (Fsp3) is 0.444. The molecule has 136 valence electrons. The van der Waals surface area contributed by atoms with Crippen LogP contribution in [0.1, 0.15) is 24.5 Å². The first kappa shape index (κ1) is 19.7. The molecule has 0 spiro atoms. The minimum absolute atomic E-state index is 0.0269. The van der Waals surface area contributed by atoms with Crippen LogP contribution in [0.2, 0.25) is 5.02 Å². The summed E-state index contributed by atoms with van der Waals surface area (Å²) in [4.78, 5) is 18.5. The highest BCUT2D eigenvalue weighted by Crippen LogP contribution is 2.20. The van der Waals surface area contributed by atoms with Crippen molar-refractivity contribution in [3.8, 4) is 5.75 Å². The minimum atomic E-state index is -0.0269. The van der Waals surface area contributed by atoms with E-state index in [-0.39, 0.29) is 12.5 Å². The summed E-state index contributed by atoms with van der Waals surface area (Å²) in [6.45, 7) is 5.78. The SMILES string of the molecule is COCC(=O)N(Cc1csc(COc2cccc(Cl)c2)n1)CC(C)C. The monoisotopic (exact) mass is 382 g/mol. The van der Waals surface area contributed by atoms with Gasteiger partial charge in [-0.15, -0.1) is 11.3 Å². The van der Waals surface area contributed by atoms with Crippen molar-refractivity contribution in [1.82, 2.24) is 9.88 Å². The van der Waals surface area contributed by atoms with Crippen molar-refractivity contribution in [1.29, 1.82) is 0 Å². The van der Waals surface area contributed by atoms with Crippen molar-refractivity contribution in [2.45, 2.75) is 27.0 Å². The Bertz CT molecular complexity index is 690. The lowest BCUT2D eigenvalue weighted by Crippen LogP contribution is -2.36. The van der Waals surface area contributed by atoms with Gasteiger partial charge in [0.1, 0.15) is 24.0 Å². The predicted octanol–water partition coefficient (Wildman–Crippen LogP) is 4.01. The number of methoxy groups -OCH3 is 1. The lowest BCUT2D eigenvalue weighted by Gasteiger charge is -2.23. The topological polar surface area (TPSA) is 51.7 Å². The number of aromatic nitrogens is 1. The molecule has 5 nitrogen and oxygen atoms in total. The third-order valence-electron chi connectivity index (χ3n) is 3.32. The Morgan fingerprint density at radius 1 is 1.40 bits per heavy atom. The molecule has 0 unspecified atom stereocenters. The average Bonchev–Trinajstić information content (AvgIpc) is 3.00. The number of hydrogen-bond donors (Lipinski definition) is 0. The van der Waals surface area contributed by atoms with E-state index in [0.717, 1.165) is 10.7 Å². The van der Waals surface area contributed by atoms with E-state index in [2.05, 4.69) is 18.8 Å². The Morgan fingerprint density at radius 2 is 2.20 bits per heavy atom. The highest BCUT2D eigenvalue weighted by atomic mass is 35.5. The van der Waals surface area contributed by atoms with Crippen LogP contribution in [0.5, 0.6) is 5.75 Å². The van der Waals surface area contributed by atoms with Crippen molar-refractivity contribution in [3.05, 3.63) is 45.4 Å². The minimum Gasteiger partial charge on any atom is -0.486 e.